The molecule has 1 heterocycles. The number of benzene rings is 1. The van der Waals surface area contributed by atoms with Gasteiger partial charge in [-0.1, -0.05) is 17.7 Å². The third-order valence-electron chi connectivity index (χ3n) is 2.92. The van der Waals surface area contributed by atoms with Crippen molar-refractivity contribution in [1.29, 1.82) is 0 Å². The maximum Gasteiger partial charge on any atom is 0.132 e. The highest BCUT2D eigenvalue weighted by Crippen LogP contribution is 2.34. The number of nitrogens with two attached hydrogens (primary N) is 2. The molecule has 2 rings (SSSR count). The molecular formula is C13H14ClFN4O. The third-order valence-corrected chi connectivity index (χ3v) is 3.12. The summed E-state index contributed by atoms with van der Waals surface area (Å²) in [4.78, 5) is 3.95. The summed E-state index contributed by atoms with van der Waals surface area (Å²) in [5.41, 5.74) is 9.06. The van der Waals surface area contributed by atoms with Gasteiger partial charge in [-0.15, -0.1) is 0 Å². The molecule has 0 aliphatic heterocycles. The van der Waals surface area contributed by atoms with E-state index < -0.39 is 11.9 Å². The van der Waals surface area contributed by atoms with Crippen LogP contribution in [0.3, 0.4) is 0 Å². The summed E-state index contributed by atoms with van der Waals surface area (Å²) < 4.78 is 19.3. The van der Waals surface area contributed by atoms with Crippen molar-refractivity contribution in [1.82, 2.24) is 10.4 Å². The molecular weight excluding hydrogens is 283 g/mol. The molecule has 1 aromatic heterocycles. The zero-order chi connectivity index (χ0) is 14.7. The second kappa shape index (κ2) is 6.04. The number of ether oxygens (including phenoxy) is 1. The molecule has 5 nitrogen and oxygen atoms in total. The first-order valence-corrected chi connectivity index (χ1v) is 6.15. The minimum Gasteiger partial charge on any atom is -0.496 e. The predicted molar refractivity (Wildman–Crippen MR) is 75.8 cm³/mol. The summed E-state index contributed by atoms with van der Waals surface area (Å²) in [5.74, 6) is 5.65. The number of nitrogens with zero attached hydrogens (tertiary/aromatic N) is 1. The Kier molecular flexibility index (Phi) is 4.39. The highest BCUT2D eigenvalue weighted by atomic mass is 35.5. The van der Waals surface area contributed by atoms with Crippen LogP contribution in [0.2, 0.25) is 5.02 Å². The van der Waals surface area contributed by atoms with Gasteiger partial charge in [0.2, 0.25) is 0 Å². The molecule has 1 atom stereocenters. The first-order chi connectivity index (χ1) is 9.58. The van der Waals surface area contributed by atoms with Gasteiger partial charge < -0.3 is 10.5 Å². The average Bonchev–Trinajstić information content (AvgIpc) is 2.44. The van der Waals surface area contributed by atoms with E-state index in [1.54, 1.807) is 18.2 Å². The second-order valence-electron chi connectivity index (χ2n) is 4.08. The molecule has 1 unspecified atom stereocenters. The number of aromatic nitrogens is 1. The Morgan fingerprint density at radius 3 is 2.85 bits per heavy atom. The lowest BCUT2D eigenvalue weighted by atomic mass is 9.98. The van der Waals surface area contributed by atoms with E-state index in [1.807, 2.05) is 0 Å². The van der Waals surface area contributed by atoms with Gasteiger partial charge in [-0.3, -0.25) is 5.84 Å². The number of pyridine rings is 1. The monoisotopic (exact) mass is 296 g/mol. The number of hydrogen-bond donors (Lipinski definition) is 3. The number of rotatable bonds is 4. The Morgan fingerprint density at radius 2 is 2.20 bits per heavy atom. The van der Waals surface area contributed by atoms with Crippen LogP contribution in [0.1, 0.15) is 17.2 Å². The minimum absolute atomic E-state index is 0.211. The molecule has 0 spiro atoms. The summed E-state index contributed by atoms with van der Waals surface area (Å²) in [6.07, 6.45) is 1.41. The van der Waals surface area contributed by atoms with Crippen molar-refractivity contribution in [3.63, 3.8) is 0 Å². The first-order valence-electron chi connectivity index (χ1n) is 5.78. The van der Waals surface area contributed by atoms with Crippen molar-refractivity contribution in [2.45, 2.75) is 6.04 Å². The van der Waals surface area contributed by atoms with E-state index >= 15 is 0 Å². The molecule has 0 aliphatic rings. The van der Waals surface area contributed by atoms with Crippen LogP contribution >= 0.6 is 11.6 Å². The van der Waals surface area contributed by atoms with Crippen LogP contribution in [0, 0.1) is 5.82 Å². The average molecular weight is 297 g/mol. The first kappa shape index (κ1) is 14.5. The summed E-state index contributed by atoms with van der Waals surface area (Å²) in [6, 6.07) is 5.36. The third kappa shape index (κ3) is 2.67. The Bertz CT molecular complexity index is 623. The molecule has 106 valence electrons. The molecule has 0 aliphatic carbocycles. The highest BCUT2D eigenvalue weighted by Gasteiger charge is 2.23. The highest BCUT2D eigenvalue weighted by molar-refractivity contribution is 6.30. The Balaban J connectivity index is 2.61. The topological polar surface area (TPSA) is 86.2 Å². The molecule has 0 saturated carbocycles. The number of halogens is 2. The minimum atomic E-state index is -0.725. The number of hydrazine groups is 1. The van der Waals surface area contributed by atoms with E-state index in [9.17, 15) is 4.39 Å². The van der Waals surface area contributed by atoms with E-state index in [0.29, 0.717) is 16.3 Å². The van der Waals surface area contributed by atoms with Crippen LogP contribution in [0.25, 0.3) is 0 Å². The van der Waals surface area contributed by atoms with E-state index in [1.165, 1.54) is 19.4 Å². The lowest BCUT2D eigenvalue weighted by Gasteiger charge is -2.21. The molecule has 2 aromatic rings. The molecule has 0 bridgehead atoms. The van der Waals surface area contributed by atoms with Gasteiger partial charge in [0, 0.05) is 11.8 Å². The molecule has 5 N–H and O–H groups in total. The van der Waals surface area contributed by atoms with E-state index in [4.69, 9.17) is 27.9 Å². The molecule has 0 saturated heterocycles. The van der Waals surface area contributed by atoms with Crippen molar-refractivity contribution >= 4 is 17.4 Å². The fourth-order valence-electron chi connectivity index (χ4n) is 2.00. The summed E-state index contributed by atoms with van der Waals surface area (Å²) in [6.45, 7) is 0. The fraction of sp³-hybridized carbons (Fsp3) is 0.154. The number of hydrogen-bond acceptors (Lipinski definition) is 5. The molecule has 0 radical (unpaired) electrons. The predicted octanol–water partition coefficient (Wildman–Crippen LogP) is 2.02. The SMILES string of the molecule is COc1cccc(F)c1C(NN)c1cc(Cl)cnc1N. The van der Waals surface area contributed by atoms with Crippen molar-refractivity contribution in [3.05, 3.63) is 52.4 Å². The zero-order valence-electron chi connectivity index (χ0n) is 10.7. The summed E-state index contributed by atoms with van der Waals surface area (Å²) >= 11 is 5.91. The fourth-order valence-corrected chi connectivity index (χ4v) is 2.17. The van der Waals surface area contributed by atoms with Crippen LogP contribution in [0.4, 0.5) is 10.2 Å². The lowest BCUT2D eigenvalue weighted by Crippen LogP contribution is -2.30. The molecule has 0 fully saturated rings. The maximum atomic E-state index is 14.1. The van der Waals surface area contributed by atoms with Gasteiger partial charge in [0.25, 0.3) is 0 Å². The Labute approximate surface area is 120 Å². The Morgan fingerprint density at radius 1 is 1.45 bits per heavy atom. The van der Waals surface area contributed by atoms with Gasteiger partial charge >= 0.3 is 0 Å². The lowest BCUT2D eigenvalue weighted by molar-refractivity contribution is 0.397. The summed E-state index contributed by atoms with van der Waals surface area (Å²) in [5, 5.41) is 0.379. The number of anilines is 1. The smallest absolute Gasteiger partial charge is 0.132 e. The van der Waals surface area contributed by atoms with Crippen molar-refractivity contribution in [2.24, 2.45) is 5.84 Å². The standard InChI is InChI=1S/C13H14ClFN4O/c1-20-10-4-2-3-9(15)11(10)12(19-17)8-5-7(14)6-18-13(8)16/h2-6,12,19H,17H2,1H3,(H2,16,18). The van der Waals surface area contributed by atoms with Gasteiger partial charge in [-0.25, -0.2) is 14.8 Å². The van der Waals surface area contributed by atoms with Gasteiger partial charge in [0.1, 0.15) is 17.4 Å². The van der Waals surface area contributed by atoms with Crippen molar-refractivity contribution in [3.8, 4) is 5.75 Å². The molecule has 1 aromatic carbocycles. The number of nitrogens with one attached hydrogen (secondary N) is 1. The largest absolute Gasteiger partial charge is 0.496 e. The van der Waals surface area contributed by atoms with Crippen molar-refractivity contribution in [2.75, 3.05) is 12.8 Å². The van der Waals surface area contributed by atoms with E-state index in [0.717, 1.165) is 0 Å². The number of nitrogen functional groups attached to an aromatic ring is 1. The maximum absolute atomic E-state index is 14.1. The van der Waals surface area contributed by atoms with E-state index in [2.05, 4.69) is 10.4 Å². The molecule has 0 amide bonds. The van der Waals surface area contributed by atoms with Crippen LogP contribution < -0.4 is 21.7 Å². The second-order valence-corrected chi connectivity index (χ2v) is 4.52. The normalized spacial score (nSPS) is 12.2. The zero-order valence-corrected chi connectivity index (χ0v) is 11.5. The van der Waals surface area contributed by atoms with Crippen LogP contribution in [0.15, 0.2) is 30.5 Å². The molecule has 7 heteroatoms. The van der Waals surface area contributed by atoms with Crippen LogP contribution in [0.5, 0.6) is 5.75 Å². The van der Waals surface area contributed by atoms with Gasteiger partial charge in [0.05, 0.1) is 23.7 Å². The van der Waals surface area contributed by atoms with Crippen LogP contribution in [-0.2, 0) is 0 Å². The van der Waals surface area contributed by atoms with Crippen LogP contribution in [-0.4, -0.2) is 12.1 Å². The molecule has 20 heavy (non-hydrogen) atoms. The van der Waals surface area contributed by atoms with Crippen molar-refractivity contribution < 1.29 is 9.13 Å². The van der Waals surface area contributed by atoms with Gasteiger partial charge in [-0.05, 0) is 18.2 Å². The summed E-state index contributed by atoms with van der Waals surface area (Å²) in [7, 11) is 1.45. The van der Waals surface area contributed by atoms with Gasteiger partial charge in [-0.2, -0.15) is 0 Å². The van der Waals surface area contributed by atoms with E-state index in [-0.39, 0.29) is 11.4 Å². The quantitative estimate of drug-likeness (QED) is 0.593. The van der Waals surface area contributed by atoms with Gasteiger partial charge in [0.15, 0.2) is 0 Å². The Hall–Kier alpha value is -1.89. The number of methoxy groups -OCH3 is 1.